The van der Waals surface area contributed by atoms with Crippen LogP contribution in [0.1, 0.15) is 31.0 Å². The van der Waals surface area contributed by atoms with Gasteiger partial charge in [0.1, 0.15) is 0 Å². The highest BCUT2D eigenvalue weighted by Gasteiger charge is 2.14. The van der Waals surface area contributed by atoms with Crippen LogP contribution in [0.2, 0.25) is 0 Å². The molecule has 0 aliphatic heterocycles. The van der Waals surface area contributed by atoms with Gasteiger partial charge in [-0.05, 0) is 44.2 Å². The molecule has 0 amide bonds. The van der Waals surface area contributed by atoms with Crippen LogP contribution in [-0.4, -0.2) is 19.5 Å². The van der Waals surface area contributed by atoms with Gasteiger partial charge in [0.05, 0.1) is 40.7 Å². The average Bonchev–Trinajstić information content (AvgIpc) is 3.13. The Bertz CT molecular complexity index is 1260. The molecular formula is C22H17N7. The SMILES string of the molecule is CC(C)n1cc(-c2ccnc(Nc3cc(C#N)cc(C#N)c3)n2)c2ccncc21. The van der Waals surface area contributed by atoms with Crippen LogP contribution < -0.4 is 5.32 Å². The molecule has 0 aliphatic carbocycles. The fraction of sp³-hybridized carbons (Fsp3) is 0.136. The minimum absolute atomic E-state index is 0.285. The van der Waals surface area contributed by atoms with Gasteiger partial charge in [-0.3, -0.25) is 4.98 Å². The van der Waals surface area contributed by atoms with Gasteiger partial charge in [-0.1, -0.05) is 0 Å². The van der Waals surface area contributed by atoms with E-state index in [1.54, 1.807) is 24.5 Å². The van der Waals surface area contributed by atoms with Crippen molar-refractivity contribution in [2.45, 2.75) is 19.9 Å². The molecule has 0 aliphatic rings. The lowest BCUT2D eigenvalue weighted by Crippen LogP contribution is -1.99. The van der Waals surface area contributed by atoms with E-state index in [0.717, 1.165) is 22.2 Å². The summed E-state index contributed by atoms with van der Waals surface area (Å²) < 4.78 is 2.17. The smallest absolute Gasteiger partial charge is 0.227 e. The highest BCUT2D eigenvalue weighted by Crippen LogP contribution is 2.31. The molecule has 29 heavy (non-hydrogen) atoms. The number of rotatable bonds is 4. The number of hydrogen-bond acceptors (Lipinski definition) is 6. The normalized spacial score (nSPS) is 10.7. The molecule has 0 atom stereocenters. The highest BCUT2D eigenvalue weighted by molar-refractivity contribution is 5.94. The van der Waals surface area contributed by atoms with Crippen LogP contribution in [-0.2, 0) is 0 Å². The van der Waals surface area contributed by atoms with E-state index < -0.39 is 0 Å². The Morgan fingerprint density at radius 3 is 2.48 bits per heavy atom. The molecule has 1 aromatic carbocycles. The Balaban J connectivity index is 1.75. The van der Waals surface area contributed by atoms with Gasteiger partial charge in [0.15, 0.2) is 0 Å². The number of nitrogens with one attached hydrogen (secondary N) is 1. The quantitative estimate of drug-likeness (QED) is 0.557. The number of pyridine rings is 1. The molecular weight excluding hydrogens is 362 g/mol. The van der Waals surface area contributed by atoms with Gasteiger partial charge in [-0.25, -0.2) is 9.97 Å². The molecule has 0 saturated heterocycles. The van der Waals surface area contributed by atoms with E-state index in [2.05, 4.69) is 57.0 Å². The fourth-order valence-electron chi connectivity index (χ4n) is 3.26. The number of fused-ring (bicyclic) bond motifs is 1. The van der Waals surface area contributed by atoms with E-state index in [4.69, 9.17) is 10.5 Å². The van der Waals surface area contributed by atoms with Crippen molar-refractivity contribution in [2.24, 2.45) is 0 Å². The molecule has 4 aromatic rings. The molecule has 0 unspecified atom stereocenters. The molecule has 140 valence electrons. The van der Waals surface area contributed by atoms with Gasteiger partial charge >= 0.3 is 0 Å². The summed E-state index contributed by atoms with van der Waals surface area (Å²) in [5.74, 6) is 0.390. The zero-order chi connectivity index (χ0) is 20.4. The third-order valence-corrected chi connectivity index (χ3v) is 4.57. The van der Waals surface area contributed by atoms with Crippen molar-refractivity contribution in [3.63, 3.8) is 0 Å². The van der Waals surface area contributed by atoms with Crippen LogP contribution in [0, 0.1) is 22.7 Å². The molecule has 7 nitrogen and oxygen atoms in total. The maximum Gasteiger partial charge on any atom is 0.227 e. The summed E-state index contributed by atoms with van der Waals surface area (Å²) in [5.41, 5.74) is 4.20. The number of nitrogens with zero attached hydrogens (tertiary/aromatic N) is 6. The number of anilines is 2. The molecule has 3 aromatic heterocycles. The fourth-order valence-corrected chi connectivity index (χ4v) is 3.26. The summed E-state index contributed by atoms with van der Waals surface area (Å²) in [6.07, 6.45) is 7.39. The second-order valence-corrected chi connectivity index (χ2v) is 6.85. The summed E-state index contributed by atoms with van der Waals surface area (Å²) in [7, 11) is 0. The Morgan fingerprint density at radius 2 is 1.79 bits per heavy atom. The maximum absolute atomic E-state index is 9.16. The second kappa shape index (κ2) is 7.41. The Kier molecular flexibility index (Phi) is 4.64. The van der Waals surface area contributed by atoms with Gasteiger partial charge in [-0.2, -0.15) is 10.5 Å². The van der Waals surface area contributed by atoms with Crippen LogP contribution in [0.3, 0.4) is 0 Å². The topological polar surface area (TPSA) is 103 Å². The zero-order valence-corrected chi connectivity index (χ0v) is 16.0. The van der Waals surface area contributed by atoms with Crippen LogP contribution in [0.15, 0.2) is 55.1 Å². The molecule has 0 bridgehead atoms. The van der Waals surface area contributed by atoms with Crippen molar-refractivity contribution in [3.05, 3.63) is 66.2 Å². The molecule has 0 saturated carbocycles. The Labute approximate surface area is 167 Å². The molecule has 1 N–H and O–H groups in total. The predicted octanol–water partition coefficient (Wildman–Crippen LogP) is 4.56. The van der Waals surface area contributed by atoms with Gasteiger partial charge in [-0.15, -0.1) is 0 Å². The Hall–Kier alpha value is -4.23. The first-order valence-electron chi connectivity index (χ1n) is 9.09. The van der Waals surface area contributed by atoms with Crippen molar-refractivity contribution < 1.29 is 0 Å². The Morgan fingerprint density at radius 1 is 1.03 bits per heavy atom. The molecule has 0 radical (unpaired) electrons. The lowest BCUT2D eigenvalue weighted by molar-refractivity contribution is 0.622. The largest absolute Gasteiger partial charge is 0.343 e. The van der Waals surface area contributed by atoms with E-state index in [-0.39, 0.29) is 6.04 Å². The number of nitriles is 2. The number of benzene rings is 1. The van der Waals surface area contributed by atoms with Crippen molar-refractivity contribution in [2.75, 3.05) is 5.32 Å². The van der Waals surface area contributed by atoms with E-state index in [1.807, 2.05) is 18.3 Å². The average molecular weight is 379 g/mol. The van der Waals surface area contributed by atoms with Crippen molar-refractivity contribution >= 4 is 22.5 Å². The zero-order valence-electron chi connectivity index (χ0n) is 16.0. The predicted molar refractivity (Wildman–Crippen MR) is 110 cm³/mol. The maximum atomic E-state index is 9.16. The van der Waals surface area contributed by atoms with Crippen molar-refractivity contribution in [3.8, 4) is 23.4 Å². The first-order valence-corrected chi connectivity index (χ1v) is 9.09. The van der Waals surface area contributed by atoms with Crippen molar-refractivity contribution in [1.82, 2.24) is 19.5 Å². The summed E-state index contributed by atoms with van der Waals surface area (Å²) in [4.78, 5) is 13.2. The number of aromatic nitrogens is 4. The van der Waals surface area contributed by atoms with Gasteiger partial charge in [0, 0.05) is 41.3 Å². The summed E-state index contributed by atoms with van der Waals surface area (Å²) >= 11 is 0. The first kappa shape index (κ1) is 18.1. The van der Waals surface area contributed by atoms with E-state index >= 15 is 0 Å². The molecule has 7 heteroatoms. The van der Waals surface area contributed by atoms with E-state index in [1.165, 1.54) is 6.07 Å². The molecule has 0 spiro atoms. The van der Waals surface area contributed by atoms with Crippen molar-refractivity contribution in [1.29, 1.82) is 10.5 Å². The minimum Gasteiger partial charge on any atom is -0.343 e. The van der Waals surface area contributed by atoms with Crippen LogP contribution >= 0.6 is 0 Å². The minimum atomic E-state index is 0.285. The molecule has 3 heterocycles. The van der Waals surface area contributed by atoms with Crippen LogP contribution in [0.25, 0.3) is 22.2 Å². The summed E-state index contributed by atoms with van der Waals surface area (Å²) in [5, 5.41) is 22.5. The number of hydrogen-bond donors (Lipinski definition) is 1. The summed E-state index contributed by atoms with van der Waals surface area (Å²) in [6, 6.07) is 13.1. The third kappa shape index (κ3) is 3.50. The van der Waals surface area contributed by atoms with Gasteiger partial charge in [0.2, 0.25) is 5.95 Å². The van der Waals surface area contributed by atoms with Gasteiger partial charge < -0.3 is 9.88 Å². The standard InChI is InChI=1S/C22H17N7/c1-14(2)29-13-19(18-3-5-25-12-21(18)29)20-4-6-26-22(28-20)27-17-8-15(10-23)7-16(9-17)11-24/h3-9,12-14H,1-2H3,(H,26,27,28). The van der Waals surface area contributed by atoms with Gasteiger partial charge in [0.25, 0.3) is 0 Å². The van der Waals surface area contributed by atoms with Crippen LogP contribution in [0.5, 0.6) is 0 Å². The summed E-state index contributed by atoms with van der Waals surface area (Å²) in [6.45, 7) is 4.25. The monoisotopic (exact) mass is 379 g/mol. The molecule has 4 rings (SSSR count). The second-order valence-electron chi connectivity index (χ2n) is 6.85. The first-order chi connectivity index (χ1) is 14.1. The van der Waals surface area contributed by atoms with E-state index in [9.17, 15) is 0 Å². The lowest BCUT2D eigenvalue weighted by atomic mass is 10.1. The van der Waals surface area contributed by atoms with E-state index in [0.29, 0.717) is 22.8 Å². The van der Waals surface area contributed by atoms with Crippen LogP contribution in [0.4, 0.5) is 11.6 Å². The third-order valence-electron chi connectivity index (χ3n) is 4.57. The highest BCUT2D eigenvalue weighted by atomic mass is 15.1. The molecule has 0 fully saturated rings. The lowest BCUT2D eigenvalue weighted by Gasteiger charge is -2.08.